The normalized spacial score (nSPS) is 17.5. The summed E-state index contributed by atoms with van der Waals surface area (Å²) >= 11 is 8.18. The smallest absolute Gasteiger partial charge is 0.183 e. The van der Waals surface area contributed by atoms with E-state index in [1.807, 2.05) is 17.8 Å². The lowest BCUT2D eigenvalue weighted by atomic mass is 10.2. The van der Waals surface area contributed by atoms with Crippen LogP contribution in [0.4, 0.5) is 11.4 Å². The van der Waals surface area contributed by atoms with Crippen molar-refractivity contribution in [1.82, 2.24) is 9.80 Å². The zero-order valence-corrected chi connectivity index (χ0v) is 21.5. The van der Waals surface area contributed by atoms with Crippen molar-refractivity contribution in [2.45, 2.75) is 35.9 Å². The van der Waals surface area contributed by atoms with Crippen molar-refractivity contribution in [2.75, 3.05) is 57.3 Å². The number of rotatable bonds is 8. The maximum atomic E-state index is 6.34. The number of benzene rings is 2. The van der Waals surface area contributed by atoms with Crippen LogP contribution in [0.25, 0.3) is 0 Å². The standard InChI is InChI=1S/C24H34ClN3OSSi/c1-31(2,3)29-18-17-27-15-13-26(14-16-27)11-6-12-28-21-7-4-5-8-23(21)30-24-10-9-20(25)19-22(24)28/h4-5,7-10,19H,6,11-18H2,1-3H3. The summed E-state index contributed by atoms with van der Waals surface area (Å²) in [5.41, 5.74) is 2.54. The topological polar surface area (TPSA) is 19.0 Å². The summed E-state index contributed by atoms with van der Waals surface area (Å²) in [6.45, 7) is 15.5. The fourth-order valence-electron chi connectivity index (χ4n) is 4.21. The molecule has 2 aromatic carbocycles. The summed E-state index contributed by atoms with van der Waals surface area (Å²) in [6.07, 6.45) is 1.14. The van der Waals surface area contributed by atoms with E-state index in [2.05, 4.69) is 70.7 Å². The second-order valence-electron chi connectivity index (χ2n) is 9.33. The minimum atomic E-state index is -1.40. The van der Waals surface area contributed by atoms with Crippen LogP contribution in [0.2, 0.25) is 24.7 Å². The van der Waals surface area contributed by atoms with Gasteiger partial charge in [-0.1, -0.05) is 35.5 Å². The Morgan fingerprint density at radius 1 is 0.871 bits per heavy atom. The first-order chi connectivity index (χ1) is 14.9. The third-order valence-corrected chi connectivity index (χ3v) is 8.29. The van der Waals surface area contributed by atoms with Crippen LogP contribution in [0.15, 0.2) is 52.3 Å². The van der Waals surface area contributed by atoms with Crippen LogP contribution in [0.5, 0.6) is 0 Å². The van der Waals surface area contributed by atoms with Gasteiger partial charge < -0.3 is 14.2 Å². The van der Waals surface area contributed by atoms with Gasteiger partial charge in [0.1, 0.15) is 0 Å². The highest BCUT2D eigenvalue weighted by molar-refractivity contribution is 7.99. The van der Waals surface area contributed by atoms with Gasteiger partial charge in [0.25, 0.3) is 0 Å². The molecule has 0 atom stereocenters. The van der Waals surface area contributed by atoms with Crippen molar-refractivity contribution in [3.8, 4) is 0 Å². The lowest BCUT2D eigenvalue weighted by molar-refractivity contribution is 0.115. The molecule has 2 aliphatic heterocycles. The van der Waals surface area contributed by atoms with Crippen molar-refractivity contribution in [3.05, 3.63) is 47.5 Å². The van der Waals surface area contributed by atoms with Gasteiger partial charge >= 0.3 is 0 Å². The molecular formula is C24H34ClN3OSSi. The predicted molar refractivity (Wildman–Crippen MR) is 136 cm³/mol. The largest absolute Gasteiger partial charge is 0.416 e. The third-order valence-electron chi connectivity index (χ3n) is 5.85. The highest BCUT2D eigenvalue weighted by Gasteiger charge is 2.24. The molecule has 0 spiro atoms. The molecular weight excluding hydrogens is 442 g/mol. The summed E-state index contributed by atoms with van der Waals surface area (Å²) in [7, 11) is -1.40. The maximum Gasteiger partial charge on any atom is 0.183 e. The second kappa shape index (κ2) is 10.3. The third kappa shape index (κ3) is 6.27. The van der Waals surface area contributed by atoms with E-state index in [0.29, 0.717) is 0 Å². The average molecular weight is 476 g/mol. The van der Waals surface area contributed by atoms with Crippen molar-refractivity contribution in [1.29, 1.82) is 0 Å². The molecule has 7 heteroatoms. The van der Waals surface area contributed by atoms with E-state index in [9.17, 15) is 0 Å². The highest BCUT2D eigenvalue weighted by atomic mass is 35.5. The van der Waals surface area contributed by atoms with E-state index in [1.54, 1.807) is 0 Å². The van der Waals surface area contributed by atoms with Gasteiger partial charge in [0.05, 0.1) is 11.4 Å². The SMILES string of the molecule is C[Si](C)(C)OCCN1CCN(CCCN2c3ccccc3Sc3ccc(Cl)cc32)CC1. The molecule has 2 heterocycles. The molecule has 31 heavy (non-hydrogen) atoms. The lowest BCUT2D eigenvalue weighted by Gasteiger charge is -2.36. The first-order valence-electron chi connectivity index (χ1n) is 11.3. The quantitative estimate of drug-likeness (QED) is 0.448. The van der Waals surface area contributed by atoms with Crippen molar-refractivity contribution >= 4 is 43.1 Å². The van der Waals surface area contributed by atoms with Crippen molar-refractivity contribution in [3.63, 3.8) is 0 Å². The average Bonchev–Trinajstić information content (AvgIpc) is 2.74. The summed E-state index contributed by atoms with van der Waals surface area (Å²) < 4.78 is 6.02. The Bertz CT molecular complexity index is 883. The number of fused-ring (bicyclic) bond motifs is 2. The number of halogens is 1. The van der Waals surface area contributed by atoms with Gasteiger partial charge in [0.15, 0.2) is 8.32 Å². The zero-order valence-electron chi connectivity index (χ0n) is 18.9. The van der Waals surface area contributed by atoms with Gasteiger partial charge in [0, 0.05) is 60.7 Å². The molecule has 4 rings (SSSR count). The number of hydrogen-bond acceptors (Lipinski definition) is 5. The first-order valence-corrected chi connectivity index (χ1v) is 15.9. The molecule has 0 unspecified atom stereocenters. The van der Waals surface area contributed by atoms with Crippen molar-refractivity contribution in [2.24, 2.45) is 0 Å². The molecule has 0 aromatic heterocycles. The van der Waals surface area contributed by atoms with Gasteiger partial charge in [-0.05, 0) is 62.9 Å². The number of anilines is 2. The summed E-state index contributed by atoms with van der Waals surface area (Å²) in [5.74, 6) is 0. The zero-order chi connectivity index (χ0) is 21.8. The van der Waals surface area contributed by atoms with Crippen LogP contribution in [0.1, 0.15) is 6.42 Å². The summed E-state index contributed by atoms with van der Waals surface area (Å²) in [5, 5.41) is 0.804. The van der Waals surface area contributed by atoms with E-state index in [4.69, 9.17) is 16.0 Å². The Labute approximate surface area is 197 Å². The fourth-order valence-corrected chi connectivity index (χ4v) is 6.16. The van der Waals surface area contributed by atoms with Gasteiger partial charge in [-0.2, -0.15) is 0 Å². The van der Waals surface area contributed by atoms with E-state index in [-0.39, 0.29) is 0 Å². The van der Waals surface area contributed by atoms with Gasteiger partial charge in [0.2, 0.25) is 0 Å². The van der Waals surface area contributed by atoms with Crippen LogP contribution >= 0.6 is 23.4 Å². The molecule has 0 bridgehead atoms. The number of piperazine rings is 1. The molecule has 0 N–H and O–H groups in total. The Hall–Kier alpha value is -1.02. The number of para-hydroxylation sites is 1. The molecule has 1 saturated heterocycles. The molecule has 0 amide bonds. The lowest BCUT2D eigenvalue weighted by Crippen LogP contribution is -2.48. The Kier molecular flexibility index (Phi) is 7.67. The van der Waals surface area contributed by atoms with Gasteiger partial charge in [-0.25, -0.2) is 0 Å². The highest BCUT2D eigenvalue weighted by Crippen LogP contribution is 2.48. The van der Waals surface area contributed by atoms with Crippen LogP contribution in [0.3, 0.4) is 0 Å². The van der Waals surface area contributed by atoms with Crippen LogP contribution in [-0.4, -0.2) is 70.5 Å². The van der Waals surface area contributed by atoms with E-state index < -0.39 is 8.32 Å². The van der Waals surface area contributed by atoms with E-state index >= 15 is 0 Å². The summed E-state index contributed by atoms with van der Waals surface area (Å²) in [6, 6.07) is 15.0. The fraction of sp³-hybridized carbons (Fsp3) is 0.500. The van der Waals surface area contributed by atoms with Gasteiger partial charge in [-0.3, -0.25) is 4.90 Å². The Morgan fingerprint density at radius 3 is 2.29 bits per heavy atom. The minimum Gasteiger partial charge on any atom is -0.416 e. The van der Waals surface area contributed by atoms with Crippen LogP contribution in [0, 0.1) is 0 Å². The molecule has 2 aliphatic rings. The maximum absolute atomic E-state index is 6.34. The molecule has 2 aromatic rings. The van der Waals surface area contributed by atoms with E-state index in [1.165, 1.54) is 21.2 Å². The second-order valence-corrected chi connectivity index (χ2v) is 15.4. The first kappa shape index (κ1) is 23.1. The minimum absolute atomic E-state index is 0.804. The Morgan fingerprint density at radius 2 is 1.55 bits per heavy atom. The summed E-state index contributed by atoms with van der Waals surface area (Å²) in [4.78, 5) is 10.2. The molecule has 0 radical (unpaired) electrons. The predicted octanol–water partition coefficient (Wildman–Crippen LogP) is 5.80. The van der Waals surface area contributed by atoms with E-state index in [0.717, 1.165) is 63.9 Å². The number of hydrogen-bond donors (Lipinski definition) is 0. The molecule has 168 valence electrons. The van der Waals surface area contributed by atoms with Crippen molar-refractivity contribution < 1.29 is 4.43 Å². The van der Waals surface area contributed by atoms with Gasteiger partial charge in [-0.15, -0.1) is 0 Å². The van der Waals surface area contributed by atoms with Crippen LogP contribution < -0.4 is 4.90 Å². The monoisotopic (exact) mass is 475 g/mol. The Balaban J connectivity index is 1.28. The molecule has 0 aliphatic carbocycles. The molecule has 0 saturated carbocycles. The van der Waals surface area contributed by atoms with Crippen LogP contribution in [-0.2, 0) is 4.43 Å². The molecule has 4 nitrogen and oxygen atoms in total. The molecule has 1 fully saturated rings. The number of nitrogens with zero attached hydrogens (tertiary/aromatic N) is 3.